The lowest BCUT2D eigenvalue weighted by Gasteiger charge is -2.05. The smallest absolute Gasteiger partial charge is 0.291 e. The van der Waals surface area contributed by atoms with Crippen molar-refractivity contribution < 1.29 is 13.2 Å². The number of aromatic nitrogens is 2. The van der Waals surface area contributed by atoms with Crippen LogP contribution in [0, 0.1) is 6.92 Å². The maximum atomic E-state index is 13.2. The molecule has 0 fully saturated rings. The summed E-state index contributed by atoms with van der Waals surface area (Å²) in [5, 5.41) is 3.24. The summed E-state index contributed by atoms with van der Waals surface area (Å²) < 4.78 is 28.8. The number of nitrogens with zero attached hydrogens (tertiary/aromatic N) is 2. The third-order valence-corrected chi connectivity index (χ3v) is 6.59. The normalized spacial score (nSPS) is 11.9. The van der Waals surface area contributed by atoms with Crippen molar-refractivity contribution in [3.8, 4) is 0 Å². The first kappa shape index (κ1) is 20.4. The van der Waals surface area contributed by atoms with Gasteiger partial charge in [-0.2, -0.15) is 0 Å². The van der Waals surface area contributed by atoms with E-state index < -0.39 is 15.9 Å². The average Bonchev–Trinajstić information content (AvgIpc) is 3.20. The molecule has 0 saturated carbocycles. The maximum Gasteiger partial charge on any atom is 0.329 e. The van der Waals surface area contributed by atoms with Crippen molar-refractivity contribution in [1.29, 1.82) is 0 Å². The highest BCUT2D eigenvalue weighted by Gasteiger charge is 2.17. The molecule has 4 aromatic rings. The van der Waals surface area contributed by atoms with Crippen molar-refractivity contribution in [2.75, 3.05) is 6.26 Å². The third kappa shape index (κ3) is 3.90. The monoisotopic (exact) mass is 443 g/mol. The van der Waals surface area contributed by atoms with Gasteiger partial charge in [0, 0.05) is 23.1 Å². The third-order valence-electron chi connectivity index (χ3n) is 5.00. The number of hydrogen-bond acceptors (Lipinski definition) is 5. The zero-order chi connectivity index (χ0) is 21.5. The number of imidazole rings is 1. The predicted octanol–water partition coefficient (Wildman–Crippen LogP) is 2.84. The number of aryl methyl sites for hydroxylation is 2. The Morgan fingerprint density at radius 1 is 1.07 bits per heavy atom. The zero-order valence-corrected chi connectivity index (χ0v) is 18.2. The highest BCUT2D eigenvalue weighted by molar-refractivity contribution is 7.89. The minimum atomic E-state index is -3.63. The lowest BCUT2D eigenvalue weighted by Crippen LogP contribution is -2.31. The zero-order valence-electron chi connectivity index (χ0n) is 16.6. The predicted molar refractivity (Wildman–Crippen MR) is 119 cm³/mol. The molecule has 0 bridgehead atoms. The quantitative estimate of drug-likeness (QED) is 0.496. The number of para-hydroxylation sites is 2. The van der Waals surface area contributed by atoms with Crippen molar-refractivity contribution in [3.05, 3.63) is 69.5 Å². The lowest BCUT2D eigenvalue weighted by molar-refractivity contribution is -0.119. The number of benzene rings is 2. The molecule has 0 aliphatic rings. The Bertz CT molecular complexity index is 1430. The molecule has 0 radical (unpaired) electrons. The molecule has 0 aliphatic heterocycles. The molecule has 0 spiro atoms. The number of nitrogens with one attached hydrogen (secondary N) is 1. The van der Waals surface area contributed by atoms with Crippen LogP contribution in [0.25, 0.3) is 21.1 Å². The lowest BCUT2D eigenvalue weighted by atomic mass is 10.1. The Morgan fingerprint density at radius 3 is 2.47 bits per heavy atom. The molecule has 0 aliphatic carbocycles. The summed E-state index contributed by atoms with van der Waals surface area (Å²) in [7, 11) is -3.63. The molecule has 30 heavy (non-hydrogen) atoms. The fourth-order valence-corrected chi connectivity index (χ4v) is 5.29. The van der Waals surface area contributed by atoms with Crippen molar-refractivity contribution in [2.24, 2.45) is 0 Å². The summed E-state index contributed by atoms with van der Waals surface area (Å²) in [6.07, 6.45) is 0.817. The van der Waals surface area contributed by atoms with E-state index in [1.165, 1.54) is 14.7 Å². The van der Waals surface area contributed by atoms with Crippen LogP contribution in [0.3, 0.4) is 0 Å². The molecule has 1 amide bonds. The van der Waals surface area contributed by atoms with E-state index >= 15 is 0 Å². The molecule has 0 saturated heterocycles. The maximum absolute atomic E-state index is 13.2. The minimum absolute atomic E-state index is 0.0944. The number of carbonyl (C=O) groups excluding carboxylic acids is 1. The summed E-state index contributed by atoms with van der Waals surface area (Å²) in [6, 6.07) is 13.6. The van der Waals surface area contributed by atoms with Gasteiger partial charge in [0.15, 0.2) is 0 Å². The first-order valence-electron chi connectivity index (χ1n) is 9.39. The molecule has 2 aromatic heterocycles. The summed E-state index contributed by atoms with van der Waals surface area (Å²) in [5.74, 6) is -0.638. The van der Waals surface area contributed by atoms with Gasteiger partial charge in [-0.3, -0.25) is 18.7 Å². The summed E-state index contributed by atoms with van der Waals surface area (Å²) in [5.41, 5.74) is 3.51. The number of rotatable bonds is 6. The van der Waals surface area contributed by atoms with E-state index in [1.54, 1.807) is 15.9 Å². The fourth-order valence-electron chi connectivity index (χ4n) is 3.74. The number of amides is 1. The topological polar surface area (TPSA) is 90.2 Å². The second-order valence-corrected chi connectivity index (χ2v) is 9.93. The number of hydrogen-bond donors (Lipinski definition) is 1. The number of carbonyl (C=O) groups is 1. The number of sulfonamides is 1. The van der Waals surface area contributed by atoms with Crippen LogP contribution in [0.1, 0.15) is 17.5 Å². The molecular formula is C21H21N3O4S2. The van der Waals surface area contributed by atoms with Crippen LogP contribution < -0.4 is 10.4 Å². The molecular weight excluding hydrogens is 422 g/mol. The summed E-state index contributed by atoms with van der Waals surface area (Å²) in [6.45, 7) is 2.58. The standard InChI is InChI=1S/C21H21N3O4S2/c1-14-6-5-9-18-20(14)15(13-29-18)12-24-17-8-4-3-7-16(17)23(21(24)26)11-10-19(25)22-30(2,27)28/h3-9,13H,10-12H2,1-2H3,(H,22,25). The van der Waals surface area contributed by atoms with E-state index in [0.29, 0.717) is 12.1 Å². The van der Waals surface area contributed by atoms with E-state index in [-0.39, 0.29) is 18.7 Å². The van der Waals surface area contributed by atoms with Crippen molar-refractivity contribution in [3.63, 3.8) is 0 Å². The second-order valence-electron chi connectivity index (χ2n) is 7.27. The van der Waals surface area contributed by atoms with Crippen LogP contribution in [0.15, 0.2) is 52.6 Å². The molecule has 1 N–H and O–H groups in total. The Labute approximate surface area is 177 Å². The van der Waals surface area contributed by atoms with Crippen LogP contribution in [0.5, 0.6) is 0 Å². The number of fused-ring (bicyclic) bond motifs is 2. The molecule has 156 valence electrons. The van der Waals surface area contributed by atoms with E-state index in [4.69, 9.17) is 0 Å². The van der Waals surface area contributed by atoms with Crippen molar-refractivity contribution in [2.45, 2.75) is 26.4 Å². The molecule has 2 heterocycles. The summed E-state index contributed by atoms with van der Waals surface area (Å²) in [4.78, 5) is 25.1. The van der Waals surface area contributed by atoms with E-state index in [1.807, 2.05) is 35.1 Å². The Kier molecular flexibility index (Phi) is 5.25. The molecule has 9 heteroatoms. The van der Waals surface area contributed by atoms with Crippen LogP contribution >= 0.6 is 11.3 Å². The van der Waals surface area contributed by atoms with Crippen molar-refractivity contribution >= 4 is 48.4 Å². The minimum Gasteiger partial charge on any atom is -0.291 e. The van der Waals surface area contributed by atoms with Crippen LogP contribution in [0.4, 0.5) is 0 Å². The van der Waals surface area contributed by atoms with Gasteiger partial charge in [0.1, 0.15) is 0 Å². The Morgan fingerprint density at radius 2 is 1.77 bits per heavy atom. The van der Waals surface area contributed by atoms with E-state index in [2.05, 4.69) is 24.4 Å². The van der Waals surface area contributed by atoms with Gasteiger partial charge in [-0.25, -0.2) is 13.2 Å². The average molecular weight is 444 g/mol. The highest BCUT2D eigenvalue weighted by Crippen LogP contribution is 2.29. The van der Waals surface area contributed by atoms with Crippen LogP contribution in [-0.4, -0.2) is 29.7 Å². The van der Waals surface area contributed by atoms with Gasteiger partial charge >= 0.3 is 5.69 Å². The van der Waals surface area contributed by atoms with E-state index in [0.717, 1.165) is 22.9 Å². The first-order chi connectivity index (χ1) is 14.2. The van der Waals surface area contributed by atoms with Gasteiger partial charge in [-0.15, -0.1) is 11.3 Å². The van der Waals surface area contributed by atoms with Gasteiger partial charge in [0.2, 0.25) is 15.9 Å². The Hall–Kier alpha value is -2.91. The van der Waals surface area contributed by atoms with Crippen LogP contribution in [-0.2, 0) is 27.9 Å². The SMILES string of the molecule is Cc1cccc2scc(Cn3c(=O)n(CCC(=O)NS(C)(=O)=O)c4ccccc43)c12. The largest absolute Gasteiger partial charge is 0.329 e. The van der Waals surface area contributed by atoms with Gasteiger partial charge in [-0.1, -0.05) is 24.3 Å². The second kappa shape index (κ2) is 7.73. The van der Waals surface area contributed by atoms with Crippen molar-refractivity contribution in [1.82, 2.24) is 13.9 Å². The summed E-state index contributed by atoms with van der Waals surface area (Å²) >= 11 is 1.65. The first-order valence-corrected chi connectivity index (χ1v) is 12.2. The molecule has 2 aromatic carbocycles. The molecule has 7 nitrogen and oxygen atoms in total. The molecule has 0 unspecified atom stereocenters. The van der Waals surface area contributed by atoms with Crippen LogP contribution in [0.2, 0.25) is 0 Å². The van der Waals surface area contributed by atoms with Gasteiger partial charge in [-0.05, 0) is 41.6 Å². The molecule has 0 atom stereocenters. The van der Waals surface area contributed by atoms with Gasteiger partial charge in [0.25, 0.3) is 0 Å². The van der Waals surface area contributed by atoms with E-state index in [9.17, 15) is 18.0 Å². The Balaban J connectivity index is 1.72. The van der Waals surface area contributed by atoms with Gasteiger partial charge in [0.05, 0.1) is 23.8 Å². The van der Waals surface area contributed by atoms with Gasteiger partial charge < -0.3 is 0 Å². The fraction of sp³-hybridized carbons (Fsp3) is 0.238. The molecule has 4 rings (SSSR count). The highest BCUT2D eigenvalue weighted by atomic mass is 32.2. The number of thiophene rings is 1.